The van der Waals surface area contributed by atoms with Crippen molar-refractivity contribution in [3.05, 3.63) is 0 Å². The highest BCUT2D eigenvalue weighted by molar-refractivity contribution is 4.99. The van der Waals surface area contributed by atoms with Gasteiger partial charge in [0.2, 0.25) is 0 Å². The predicted octanol–water partition coefficient (Wildman–Crippen LogP) is 3.12. The first kappa shape index (κ1) is 16.3. The third kappa shape index (κ3) is 4.23. The van der Waals surface area contributed by atoms with Gasteiger partial charge in [-0.15, -0.1) is 11.8 Å². The van der Waals surface area contributed by atoms with Crippen molar-refractivity contribution >= 4 is 0 Å². The summed E-state index contributed by atoms with van der Waals surface area (Å²) in [6.07, 6.45) is 10.8. The van der Waals surface area contributed by atoms with Crippen LogP contribution in [0.4, 0.5) is 0 Å². The van der Waals surface area contributed by atoms with Crippen LogP contribution in [-0.4, -0.2) is 35.5 Å². The molecule has 0 radical (unpaired) electrons. The molecule has 1 saturated carbocycles. The number of hydrogen-bond donors (Lipinski definition) is 1. The van der Waals surface area contributed by atoms with Crippen LogP contribution in [0.2, 0.25) is 0 Å². The molecule has 0 amide bonds. The van der Waals surface area contributed by atoms with Gasteiger partial charge in [-0.2, -0.15) is 0 Å². The van der Waals surface area contributed by atoms with E-state index in [1.807, 2.05) is 0 Å². The summed E-state index contributed by atoms with van der Waals surface area (Å²) in [7, 11) is 0. The van der Waals surface area contributed by atoms with Crippen LogP contribution in [-0.2, 0) is 14.2 Å². The molecule has 4 nitrogen and oxygen atoms in total. The van der Waals surface area contributed by atoms with Gasteiger partial charge in [-0.05, 0) is 19.8 Å². The lowest BCUT2D eigenvalue weighted by atomic mass is 9.88. The second-order valence-electron chi connectivity index (χ2n) is 6.93. The Morgan fingerprint density at radius 2 is 1.55 bits per heavy atom. The molecule has 4 fully saturated rings. The Balaban J connectivity index is 1.28. The van der Waals surface area contributed by atoms with Crippen LogP contribution >= 0.6 is 0 Å². The SMILES string of the molecule is CC(O)CC#CCCCCCCC12OC3CC(CC(C3)O1)O2. The number of aliphatic hydroxyl groups is 1. The molecule has 0 spiro atoms. The van der Waals surface area contributed by atoms with E-state index in [0.29, 0.717) is 24.7 Å². The number of hydrogen-bond acceptors (Lipinski definition) is 4. The predicted molar refractivity (Wildman–Crippen MR) is 83.0 cm³/mol. The lowest BCUT2D eigenvalue weighted by Gasteiger charge is -2.55. The number of unbranched alkanes of at least 4 members (excludes halogenated alkanes) is 4. The van der Waals surface area contributed by atoms with Crippen molar-refractivity contribution in [3.8, 4) is 11.8 Å². The zero-order valence-electron chi connectivity index (χ0n) is 13.6. The minimum absolute atomic E-state index is 0.312. The Morgan fingerprint density at radius 1 is 0.955 bits per heavy atom. The molecule has 0 aromatic heterocycles. The van der Waals surface area contributed by atoms with E-state index in [2.05, 4.69) is 11.8 Å². The van der Waals surface area contributed by atoms with E-state index < -0.39 is 5.97 Å². The quantitative estimate of drug-likeness (QED) is 0.580. The summed E-state index contributed by atoms with van der Waals surface area (Å²) in [6, 6.07) is 0. The van der Waals surface area contributed by atoms with E-state index in [0.717, 1.165) is 51.4 Å². The summed E-state index contributed by atoms with van der Waals surface area (Å²) in [5, 5.41) is 9.10. The molecule has 124 valence electrons. The van der Waals surface area contributed by atoms with Gasteiger partial charge in [-0.3, -0.25) is 0 Å². The van der Waals surface area contributed by atoms with Crippen molar-refractivity contribution in [2.45, 2.75) is 102 Å². The van der Waals surface area contributed by atoms with Gasteiger partial charge < -0.3 is 19.3 Å². The lowest BCUT2D eigenvalue weighted by Crippen LogP contribution is -2.62. The maximum atomic E-state index is 9.10. The standard InChI is InChI=1S/C18H28O4/c1-14(19)9-7-5-3-2-4-6-8-10-18-20-15-11-16(21-18)13-17(12-15)22-18/h14-17,19H,2-4,6,8-13H2,1H3. The molecule has 4 heteroatoms. The van der Waals surface area contributed by atoms with E-state index in [-0.39, 0.29) is 6.10 Å². The fraction of sp³-hybridized carbons (Fsp3) is 0.889. The fourth-order valence-corrected chi connectivity index (χ4v) is 3.70. The van der Waals surface area contributed by atoms with E-state index in [9.17, 15) is 0 Å². The van der Waals surface area contributed by atoms with Crippen LogP contribution in [0, 0.1) is 11.8 Å². The lowest BCUT2D eigenvalue weighted by molar-refractivity contribution is -0.495. The minimum Gasteiger partial charge on any atom is -0.392 e. The van der Waals surface area contributed by atoms with Crippen LogP contribution < -0.4 is 0 Å². The summed E-state index contributed by atoms with van der Waals surface area (Å²) in [6.45, 7) is 1.77. The van der Waals surface area contributed by atoms with Gasteiger partial charge in [0.15, 0.2) is 0 Å². The first-order valence-corrected chi connectivity index (χ1v) is 8.82. The molecule has 22 heavy (non-hydrogen) atoms. The summed E-state index contributed by atoms with van der Waals surface area (Å²) < 4.78 is 18.0. The Morgan fingerprint density at radius 3 is 2.14 bits per heavy atom. The fourth-order valence-electron chi connectivity index (χ4n) is 3.70. The number of ether oxygens (including phenoxy) is 3. The van der Waals surface area contributed by atoms with Gasteiger partial charge in [0.05, 0.1) is 24.4 Å². The Bertz CT molecular complexity index is 385. The highest BCUT2D eigenvalue weighted by Crippen LogP contribution is 2.46. The van der Waals surface area contributed by atoms with Gasteiger partial charge in [0, 0.05) is 38.5 Å². The summed E-state index contributed by atoms with van der Waals surface area (Å²) in [5.41, 5.74) is 0. The van der Waals surface area contributed by atoms with Gasteiger partial charge in [0.25, 0.3) is 5.97 Å². The van der Waals surface area contributed by atoms with E-state index in [1.54, 1.807) is 6.92 Å². The highest BCUT2D eigenvalue weighted by atomic mass is 16.9. The summed E-state index contributed by atoms with van der Waals surface area (Å²) in [5.74, 6) is 5.41. The average Bonchev–Trinajstić information content (AvgIpc) is 2.43. The van der Waals surface area contributed by atoms with Gasteiger partial charge in [-0.1, -0.05) is 12.8 Å². The maximum Gasteiger partial charge on any atom is 0.283 e. The molecule has 0 aromatic carbocycles. The van der Waals surface area contributed by atoms with Crippen molar-refractivity contribution < 1.29 is 19.3 Å². The Labute approximate surface area is 133 Å². The van der Waals surface area contributed by atoms with Gasteiger partial charge >= 0.3 is 0 Å². The van der Waals surface area contributed by atoms with E-state index in [4.69, 9.17) is 19.3 Å². The third-order valence-corrected chi connectivity index (χ3v) is 4.67. The van der Waals surface area contributed by atoms with Crippen molar-refractivity contribution in [3.63, 3.8) is 0 Å². The molecule has 3 saturated heterocycles. The van der Waals surface area contributed by atoms with Crippen LogP contribution in [0.3, 0.4) is 0 Å². The molecule has 3 aliphatic heterocycles. The average molecular weight is 308 g/mol. The zero-order valence-corrected chi connectivity index (χ0v) is 13.6. The molecule has 1 atom stereocenters. The van der Waals surface area contributed by atoms with Crippen LogP contribution in [0.1, 0.15) is 71.1 Å². The molecular formula is C18H28O4. The first-order chi connectivity index (χ1) is 10.7. The van der Waals surface area contributed by atoms with Gasteiger partial charge in [-0.25, -0.2) is 0 Å². The molecule has 1 aliphatic carbocycles. The molecule has 1 N–H and O–H groups in total. The zero-order chi connectivity index (χ0) is 15.4. The number of rotatable bonds is 7. The Hall–Kier alpha value is -0.600. The van der Waals surface area contributed by atoms with Crippen LogP contribution in [0.15, 0.2) is 0 Å². The smallest absolute Gasteiger partial charge is 0.283 e. The summed E-state index contributed by atoms with van der Waals surface area (Å²) >= 11 is 0. The topological polar surface area (TPSA) is 47.9 Å². The van der Waals surface area contributed by atoms with Crippen LogP contribution in [0.5, 0.6) is 0 Å². The van der Waals surface area contributed by atoms with Crippen molar-refractivity contribution in [2.24, 2.45) is 0 Å². The second-order valence-corrected chi connectivity index (χ2v) is 6.93. The van der Waals surface area contributed by atoms with Gasteiger partial charge in [0.1, 0.15) is 0 Å². The molecule has 4 rings (SSSR count). The second kappa shape index (κ2) is 7.31. The minimum atomic E-state index is -0.716. The van der Waals surface area contributed by atoms with Crippen molar-refractivity contribution in [1.82, 2.24) is 0 Å². The Kier molecular flexibility index (Phi) is 5.41. The maximum absolute atomic E-state index is 9.10. The molecule has 0 aromatic rings. The molecule has 4 bridgehead atoms. The molecule has 3 heterocycles. The van der Waals surface area contributed by atoms with E-state index in [1.165, 1.54) is 6.42 Å². The summed E-state index contributed by atoms with van der Waals surface area (Å²) in [4.78, 5) is 0. The molecular weight excluding hydrogens is 280 g/mol. The monoisotopic (exact) mass is 308 g/mol. The first-order valence-electron chi connectivity index (χ1n) is 8.82. The van der Waals surface area contributed by atoms with Crippen LogP contribution in [0.25, 0.3) is 0 Å². The van der Waals surface area contributed by atoms with Crippen molar-refractivity contribution in [1.29, 1.82) is 0 Å². The van der Waals surface area contributed by atoms with E-state index >= 15 is 0 Å². The largest absolute Gasteiger partial charge is 0.392 e. The van der Waals surface area contributed by atoms with Crippen molar-refractivity contribution in [2.75, 3.05) is 0 Å². The third-order valence-electron chi connectivity index (χ3n) is 4.67. The molecule has 1 unspecified atom stereocenters. The molecule has 4 aliphatic rings. The normalized spacial score (nSPS) is 36.9. The number of aliphatic hydroxyl groups excluding tert-OH is 1. The highest BCUT2D eigenvalue weighted by Gasteiger charge is 2.54.